The maximum Gasteiger partial charge on any atom is 0.411 e. The molecule has 0 aliphatic heterocycles. The zero-order chi connectivity index (χ0) is 20.1. The summed E-state index contributed by atoms with van der Waals surface area (Å²) in [6, 6.07) is 13.5. The Bertz CT molecular complexity index is 1010. The number of nitrogens with zero attached hydrogens (tertiary/aromatic N) is 4. The van der Waals surface area contributed by atoms with Crippen molar-refractivity contribution < 1.29 is 9.90 Å². The van der Waals surface area contributed by atoms with Crippen molar-refractivity contribution >= 4 is 29.7 Å². The van der Waals surface area contributed by atoms with Gasteiger partial charge in [0.05, 0.1) is 11.4 Å². The third-order valence-electron chi connectivity index (χ3n) is 4.40. The van der Waals surface area contributed by atoms with E-state index in [-0.39, 0.29) is 0 Å². The third-order valence-corrected chi connectivity index (χ3v) is 4.67. The van der Waals surface area contributed by atoms with Gasteiger partial charge in [-0.05, 0) is 61.8 Å². The van der Waals surface area contributed by atoms with Crippen molar-refractivity contribution in [3.05, 3.63) is 58.4 Å². The van der Waals surface area contributed by atoms with E-state index >= 15 is 0 Å². The number of aromatic amines is 1. The van der Waals surface area contributed by atoms with Gasteiger partial charge in [-0.15, -0.1) is 0 Å². The van der Waals surface area contributed by atoms with Crippen LogP contribution in [0.2, 0.25) is 0 Å². The largest absolute Gasteiger partial charge is 0.465 e. The average Bonchev–Trinajstić information content (AvgIpc) is 3.09. The lowest BCUT2D eigenvalue weighted by atomic mass is 10.1. The Hall–Kier alpha value is -3.20. The molecule has 1 amide bonds. The second-order valence-electron chi connectivity index (χ2n) is 6.42. The van der Waals surface area contributed by atoms with E-state index in [4.69, 9.17) is 12.2 Å². The van der Waals surface area contributed by atoms with Crippen LogP contribution in [0.25, 0.3) is 5.69 Å². The van der Waals surface area contributed by atoms with Gasteiger partial charge in [-0.1, -0.05) is 34.6 Å². The number of carboxylic acid groups (broad SMARTS) is 1. The molecule has 28 heavy (non-hydrogen) atoms. The molecule has 8 nitrogen and oxygen atoms in total. The van der Waals surface area contributed by atoms with Crippen LogP contribution in [0.1, 0.15) is 17.5 Å². The Kier molecular flexibility index (Phi) is 6.05. The predicted molar refractivity (Wildman–Crippen MR) is 111 cm³/mol. The number of anilines is 2. The van der Waals surface area contributed by atoms with E-state index in [1.54, 1.807) is 4.68 Å². The van der Waals surface area contributed by atoms with Crippen LogP contribution < -0.4 is 10.2 Å². The molecule has 0 fully saturated rings. The lowest BCUT2D eigenvalue weighted by molar-refractivity contribution is 0.201. The van der Waals surface area contributed by atoms with Crippen molar-refractivity contribution in [3.63, 3.8) is 0 Å². The lowest BCUT2D eigenvalue weighted by Crippen LogP contribution is -2.32. The smallest absolute Gasteiger partial charge is 0.411 e. The number of rotatable bonds is 7. The van der Waals surface area contributed by atoms with Crippen LogP contribution in [0.15, 0.2) is 42.5 Å². The average molecular weight is 398 g/mol. The molecule has 0 atom stereocenters. The lowest BCUT2D eigenvalue weighted by Gasteiger charge is -2.23. The highest BCUT2D eigenvalue weighted by molar-refractivity contribution is 7.71. The molecule has 0 spiro atoms. The van der Waals surface area contributed by atoms with Crippen LogP contribution in [0.5, 0.6) is 0 Å². The van der Waals surface area contributed by atoms with E-state index < -0.39 is 6.09 Å². The molecular weight excluding hydrogens is 376 g/mol. The molecule has 1 heterocycles. The first-order chi connectivity index (χ1) is 13.5. The molecule has 146 valence electrons. The Morgan fingerprint density at radius 3 is 2.61 bits per heavy atom. The number of para-hydroxylation sites is 1. The summed E-state index contributed by atoms with van der Waals surface area (Å²) in [5.41, 5.74) is 4.39. The summed E-state index contributed by atoms with van der Waals surface area (Å²) in [6.45, 7) is 4.89. The standard InChI is InChI=1S/C19H22N6O2S/c1-13-6-3-7-14(2)17(13)24(19(26)27)11-5-10-20-15-8-4-9-16(12-15)25-18(28)21-22-23-25/h3-4,6-9,12,20H,5,10-11H2,1-2H3,(H,26,27)(H,21,23,28). The molecule has 3 rings (SSSR count). The van der Waals surface area contributed by atoms with E-state index in [0.717, 1.165) is 28.2 Å². The zero-order valence-electron chi connectivity index (χ0n) is 15.7. The Labute approximate surface area is 167 Å². The van der Waals surface area contributed by atoms with E-state index in [9.17, 15) is 9.90 Å². The number of aryl methyl sites for hydroxylation is 2. The van der Waals surface area contributed by atoms with E-state index in [1.165, 1.54) is 4.90 Å². The first kappa shape index (κ1) is 19.6. The Morgan fingerprint density at radius 2 is 1.96 bits per heavy atom. The van der Waals surface area contributed by atoms with Crippen LogP contribution in [0, 0.1) is 18.6 Å². The zero-order valence-corrected chi connectivity index (χ0v) is 16.5. The number of carbonyl (C=O) groups is 1. The molecule has 0 saturated carbocycles. The molecular formula is C19H22N6O2S. The number of amides is 1. The molecule has 0 radical (unpaired) electrons. The number of H-pyrrole nitrogens is 1. The number of aromatic nitrogens is 4. The maximum atomic E-state index is 11.8. The highest BCUT2D eigenvalue weighted by Crippen LogP contribution is 2.25. The predicted octanol–water partition coefficient (Wildman–Crippen LogP) is 3.93. The van der Waals surface area contributed by atoms with Crippen molar-refractivity contribution in [2.24, 2.45) is 0 Å². The summed E-state index contributed by atoms with van der Waals surface area (Å²) in [5, 5.41) is 23.1. The van der Waals surface area contributed by atoms with Crippen molar-refractivity contribution in [2.75, 3.05) is 23.3 Å². The number of benzene rings is 2. The maximum absolute atomic E-state index is 11.8. The van der Waals surface area contributed by atoms with Crippen molar-refractivity contribution in [1.29, 1.82) is 0 Å². The van der Waals surface area contributed by atoms with Gasteiger partial charge in [0.1, 0.15) is 0 Å². The minimum absolute atomic E-state index is 0.350. The highest BCUT2D eigenvalue weighted by Gasteiger charge is 2.17. The van der Waals surface area contributed by atoms with Gasteiger partial charge in [0.25, 0.3) is 0 Å². The number of tetrazole rings is 1. The van der Waals surface area contributed by atoms with Crippen LogP contribution in [-0.4, -0.2) is 44.5 Å². The van der Waals surface area contributed by atoms with Gasteiger partial charge in [-0.25, -0.2) is 9.48 Å². The van der Waals surface area contributed by atoms with Gasteiger partial charge in [-0.2, -0.15) is 5.21 Å². The topological polar surface area (TPSA) is 99.1 Å². The molecule has 0 unspecified atom stereocenters. The highest BCUT2D eigenvalue weighted by atomic mass is 32.1. The van der Waals surface area contributed by atoms with E-state index in [0.29, 0.717) is 24.3 Å². The second-order valence-corrected chi connectivity index (χ2v) is 6.79. The molecule has 0 saturated heterocycles. The molecule has 2 aromatic carbocycles. The second kappa shape index (κ2) is 8.66. The van der Waals surface area contributed by atoms with Crippen LogP contribution >= 0.6 is 12.2 Å². The minimum atomic E-state index is -0.944. The molecule has 9 heteroatoms. The third kappa shape index (κ3) is 4.37. The van der Waals surface area contributed by atoms with Crippen LogP contribution in [-0.2, 0) is 0 Å². The summed E-state index contributed by atoms with van der Waals surface area (Å²) >= 11 is 5.11. The quantitative estimate of drug-likeness (QED) is 0.412. The van der Waals surface area contributed by atoms with Gasteiger partial charge < -0.3 is 10.4 Å². The fraction of sp³-hybridized carbons (Fsp3) is 0.263. The fourth-order valence-corrected chi connectivity index (χ4v) is 3.31. The van der Waals surface area contributed by atoms with Crippen molar-refractivity contribution in [2.45, 2.75) is 20.3 Å². The fourth-order valence-electron chi connectivity index (χ4n) is 3.12. The SMILES string of the molecule is Cc1cccc(C)c1N(CCCNc1cccc(-n2[nH]nnc2=S)c1)C(=O)O. The van der Waals surface area contributed by atoms with Crippen LogP contribution in [0.3, 0.4) is 0 Å². The molecule has 0 aliphatic rings. The summed E-state index contributed by atoms with van der Waals surface area (Å²) < 4.78 is 1.95. The monoisotopic (exact) mass is 398 g/mol. The summed E-state index contributed by atoms with van der Waals surface area (Å²) in [5.74, 6) is 0. The Morgan fingerprint density at radius 1 is 1.25 bits per heavy atom. The van der Waals surface area contributed by atoms with E-state index in [1.807, 2.05) is 56.3 Å². The van der Waals surface area contributed by atoms with Gasteiger partial charge >= 0.3 is 6.09 Å². The van der Waals surface area contributed by atoms with E-state index in [2.05, 4.69) is 20.8 Å². The number of nitrogens with one attached hydrogen (secondary N) is 2. The number of hydrogen-bond donors (Lipinski definition) is 3. The summed E-state index contributed by atoms with van der Waals surface area (Å²) in [4.78, 5) is 13.2. The van der Waals surface area contributed by atoms with Gasteiger partial charge in [0.2, 0.25) is 4.77 Å². The Balaban J connectivity index is 1.63. The molecule has 3 N–H and O–H groups in total. The summed E-state index contributed by atoms with van der Waals surface area (Å²) in [7, 11) is 0. The molecule has 1 aromatic heterocycles. The molecule has 3 aromatic rings. The number of hydrogen-bond acceptors (Lipinski definition) is 5. The van der Waals surface area contributed by atoms with Crippen molar-refractivity contribution in [3.8, 4) is 5.69 Å². The van der Waals surface area contributed by atoms with Crippen LogP contribution in [0.4, 0.5) is 16.2 Å². The van der Waals surface area contributed by atoms with Gasteiger partial charge in [0, 0.05) is 18.8 Å². The molecule has 0 bridgehead atoms. The summed E-state index contributed by atoms with van der Waals surface area (Å²) in [6.07, 6.45) is -0.282. The van der Waals surface area contributed by atoms with Gasteiger partial charge in [-0.3, -0.25) is 4.90 Å². The normalized spacial score (nSPS) is 10.6. The first-order valence-corrected chi connectivity index (χ1v) is 9.29. The molecule has 0 aliphatic carbocycles. The first-order valence-electron chi connectivity index (χ1n) is 8.88. The van der Waals surface area contributed by atoms with Crippen molar-refractivity contribution in [1.82, 2.24) is 20.2 Å². The minimum Gasteiger partial charge on any atom is -0.465 e. The van der Waals surface area contributed by atoms with Gasteiger partial charge in [0.15, 0.2) is 0 Å².